The number of nitrogens with zero attached hydrogens (tertiary/aromatic N) is 3. The first kappa shape index (κ1) is 24.1. The van der Waals surface area contributed by atoms with Crippen LogP contribution >= 0.6 is 11.3 Å². The molecule has 0 atom stereocenters. The molecule has 0 bridgehead atoms. The predicted molar refractivity (Wildman–Crippen MR) is 124 cm³/mol. The van der Waals surface area contributed by atoms with Crippen LogP contribution in [0.5, 0.6) is 0 Å². The summed E-state index contributed by atoms with van der Waals surface area (Å²) in [6.45, 7) is 8.63. The smallest absolute Gasteiger partial charge is 0.264 e. The van der Waals surface area contributed by atoms with Gasteiger partial charge in [-0.3, -0.25) is 4.79 Å². The van der Waals surface area contributed by atoms with Gasteiger partial charge in [0, 0.05) is 12.6 Å². The summed E-state index contributed by atoms with van der Waals surface area (Å²) in [6, 6.07) is 8.85. The van der Waals surface area contributed by atoms with E-state index in [1.807, 2.05) is 39.1 Å². The Balaban J connectivity index is 1.93. The molecule has 1 amide bonds. The minimum Gasteiger partial charge on any atom is -0.332 e. The Kier molecular flexibility index (Phi) is 7.51. The molecule has 2 aromatic heterocycles. The van der Waals surface area contributed by atoms with E-state index in [1.165, 1.54) is 41.8 Å². The van der Waals surface area contributed by atoms with Crippen molar-refractivity contribution < 1.29 is 17.6 Å². The zero-order chi connectivity index (χ0) is 23.5. The molecule has 3 aromatic rings. The van der Waals surface area contributed by atoms with Gasteiger partial charge >= 0.3 is 0 Å². The number of halogens is 1. The highest BCUT2D eigenvalue weighted by atomic mass is 32.2. The molecule has 6 nitrogen and oxygen atoms in total. The molecule has 32 heavy (non-hydrogen) atoms. The molecule has 0 aliphatic heterocycles. The van der Waals surface area contributed by atoms with Crippen molar-refractivity contribution in [2.45, 2.75) is 51.2 Å². The van der Waals surface area contributed by atoms with Crippen LogP contribution in [0.15, 0.2) is 53.1 Å². The van der Waals surface area contributed by atoms with Crippen LogP contribution in [0.3, 0.4) is 0 Å². The van der Waals surface area contributed by atoms with Crippen LogP contribution in [-0.2, 0) is 22.1 Å². The lowest BCUT2D eigenvalue weighted by molar-refractivity contribution is 0.0722. The van der Waals surface area contributed by atoms with Gasteiger partial charge in [0.25, 0.3) is 5.91 Å². The first-order valence-electron chi connectivity index (χ1n) is 10.4. The van der Waals surface area contributed by atoms with E-state index >= 15 is 0 Å². The van der Waals surface area contributed by atoms with Gasteiger partial charge in [-0.25, -0.2) is 17.8 Å². The number of benzene rings is 1. The summed E-state index contributed by atoms with van der Waals surface area (Å²) in [5, 5.41) is 1.82. The van der Waals surface area contributed by atoms with Crippen LogP contribution in [0.1, 0.15) is 54.7 Å². The number of hydrogen-bond acceptors (Lipinski definition) is 5. The van der Waals surface area contributed by atoms with Crippen LogP contribution in [0.25, 0.3) is 0 Å². The molecule has 2 heterocycles. The van der Waals surface area contributed by atoms with E-state index in [4.69, 9.17) is 0 Å². The maximum absolute atomic E-state index is 13.2. The van der Waals surface area contributed by atoms with Gasteiger partial charge in [0.2, 0.25) is 15.0 Å². The number of amides is 1. The number of sulfone groups is 1. The number of thiophene rings is 1. The molecule has 0 N–H and O–H groups in total. The molecular weight excluding hydrogens is 449 g/mol. The number of imidazole rings is 1. The number of hydrogen-bond donors (Lipinski definition) is 0. The van der Waals surface area contributed by atoms with Crippen molar-refractivity contribution in [3.63, 3.8) is 0 Å². The van der Waals surface area contributed by atoms with Gasteiger partial charge in [-0.15, -0.1) is 11.3 Å². The van der Waals surface area contributed by atoms with Crippen LogP contribution in [0.2, 0.25) is 0 Å². The van der Waals surface area contributed by atoms with Crippen molar-refractivity contribution >= 4 is 27.1 Å². The lowest BCUT2D eigenvalue weighted by Crippen LogP contribution is -2.34. The molecule has 0 aliphatic carbocycles. The second kappa shape index (κ2) is 9.95. The van der Waals surface area contributed by atoms with Crippen LogP contribution in [-0.4, -0.2) is 35.3 Å². The van der Waals surface area contributed by atoms with Gasteiger partial charge in [0.05, 0.1) is 29.1 Å². The average Bonchev–Trinajstić information content (AvgIpc) is 3.38. The molecule has 0 aliphatic rings. The molecule has 0 fully saturated rings. The summed E-state index contributed by atoms with van der Waals surface area (Å²) in [5.41, 5.74) is 1.14. The third kappa shape index (κ3) is 5.63. The molecule has 0 saturated heterocycles. The highest BCUT2D eigenvalue weighted by Crippen LogP contribution is 2.24. The average molecular weight is 478 g/mol. The summed E-state index contributed by atoms with van der Waals surface area (Å²) in [6.07, 6.45) is 1.53. The van der Waals surface area contributed by atoms with Crippen LogP contribution in [0.4, 0.5) is 4.39 Å². The molecule has 0 radical (unpaired) electrons. The summed E-state index contributed by atoms with van der Waals surface area (Å²) in [4.78, 5) is 19.7. The standard InChI is InChI=1S/C23H28FN3O3S2/c1-16(2)13-26(22(28)21-6-5-11-31-21)14-20-12-25-23(27(20)17(3)4)32(29,30)15-18-7-9-19(24)10-8-18/h5-12,16-17H,13-15H2,1-4H3. The topological polar surface area (TPSA) is 72.3 Å². The predicted octanol–water partition coefficient (Wildman–Crippen LogP) is 4.94. The minimum atomic E-state index is -3.78. The van der Waals surface area contributed by atoms with Crippen molar-refractivity contribution in [3.8, 4) is 0 Å². The van der Waals surface area contributed by atoms with Crippen molar-refractivity contribution in [1.82, 2.24) is 14.5 Å². The van der Waals surface area contributed by atoms with Gasteiger partial charge in [-0.05, 0) is 48.9 Å². The second-order valence-corrected chi connectivity index (χ2v) is 11.3. The van der Waals surface area contributed by atoms with Crippen LogP contribution < -0.4 is 0 Å². The van der Waals surface area contributed by atoms with Gasteiger partial charge in [0.1, 0.15) is 5.82 Å². The summed E-state index contributed by atoms with van der Waals surface area (Å²) in [7, 11) is -3.78. The largest absolute Gasteiger partial charge is 0.332 e. The molecule has 9 heteroatoms. The van der Waals surface area contributed by atoms with E-state index in [1.54, 1.807) is 15.5 Å². The molecule has 1 aromatic carbocycles. The monoisotopic (exact) mass is 477 g/mol. The second-order valence-electron chi connectivity index (χ2n) is 8.44. The van der Waals surface area contributed by atoms with E-state index < -0.39 is 15.7 Å². The van der Waals surface area contributed by atoms with Gasteiger partial charge < -0.3 is 9.47 Å². The zero-order valence-electron chi connectivity index (χ0n) is 18.7. The SMILES string of the molecule is CC(C)CN(Cc1cnc(S(=O)(=O)Cc2ccc(F)cc2)n1C(C)C)C(=O)c1cccs1. The Morgan fingerprint density at radius 3 is 2.41 bits per heavy atom. The Bertz CT molecular complexity index is 1150. The summed E-state index contributed by atoms with van der Waals surface area (Å²) in [5.74, 6) is -0.532. The fraction of sp³-hybridized carbons (Fsp3) is 0.391. The third-order valence-electron chi connectivity index (χ3n) is 4.86. The maximum atomic E-state index is 13.2. The number of rotatable bonds is 9. The molecular formula is C23H28FN3O3S2. The number of carbonyl (C=O) groups excluding carboxylic acids is 1. The van der Waals surface area contributed by atoms with Gasteiger partial charge in [-0.1, -0.05) is 32.0 Å². The Morgan fingerprint density at radius 2 is 1.84 bits per heavy atom. The Labute approximate surface area is 192 Å². The van der Waals surface area contributed by atoms with Crippen molar-refractivity contribution in [2.24, 2.45) is 5.92 Å². The first-order valence-corrected chi connectivity index (χ1v) is 13.0. The Morgan fingerprint density at radius 1 is 1.16 bits per heavy atom. The summed E-state index contributed by atoms with van der Waals surface area (Å²) < 4.78 is 41.2. The van der Waals surface area contributed by atoms with Gasteiger partial charge in [0.15, 0.2) is 0 Å². The number of aromatic nitrogens is 2. The highest BCUT2D eigenvalue weighted by Gasteiger charge is 2.27. The molecule has 3 rings (SSSR count). The number of carbonyl (C=O) groups is 1. The molecule has 172 valence electrons. The van der Waals surface area contributed by atoms with E-state index in [0.717, 1.165) is 0 Å². The molecule has 0 saturated carbocycles. The van der Waals surface area contributed by atoms with Crippen molar-refractivity contribution in [1.29, 1.82) is 0 Å². The summed E-state index contributed by atoms with van der Waals surface area (Å²) >= 11 is 1.38. The minimum absolute atomic E-state index is 0.0418. The van der Waals surface area contributed by atoms with Crippen LogP contribution in [0, 0.1) is 11.7 Å². The lowest BCUT2D eigenvalue weighted by atomic mass is 10.2. The fourth-order valence-electron chi connectivity index (χ4n) is 3.55. The molecule has 0 unspecified atom stereocenters. The van der Waals surface area contributed by atoms with E-state index in [-0.39, 0.29) is 35.3 Å². The van der Waals surface area contributed by atoms with Crippen molar-refractivity contribution in [2.75, 3.05) is 6.54 Å². The van der Waals surface area contributed by atoms with Crippen molar-refractivity contribution in [3.05, 3.63) is 69.9 Å². The van der Waals surface area contributed by atoms with E-state index in [2.05, 4.69) is 4.98 Å². The molecule has 0 spiro atoms. The first-order chi connectivity index (χ1) is 15.1. The fourth-order valence-corrected chi connectivity index (χ4v) is 5.85. The van der Waals surface area contributed by atoms with E-state index in [9.17, 15) is 17.6 Å². The van der Waals surface area contributed by atoms with Gasteiger partial charge in [-0.2, -0.15) is 0 Å². The van der Waals surface area contributed by atoms with E-state index in [0.29, 0.717) is 22.7 Å². The highest BCUT2D eigenvalue weighted by molar-refractivity contribution is 7.90. The Hall–Kier alpha value is -2.52. The lowest BCUT2D eigenvalue weighted by Gasteiger charge is -2.25. The maximum Gasteiger partial charge on any atom is 0.264 e. The third-order valence-corrected chi connectivity index (χ3v) is 7.29. The normalized spacial score (nSPS) is 12.0. The zero-order valence-corrected chi connectivity index (χ0v) is 20.3. The quantitative estimate of drug-likeness (QED) is 0.438.